The maximum Gasteiger partial charge on any atom is 0.341 e. The number of carbonyl (C=O) groups excluding carboxylic acids is 1. The minimum Gasteiger partial charge on any atom is -0.457 e. The van der Waals surface area contributed by atoms with Crippen LogP contribution in [-0.2, 0) is 11.3 Å². The lowest BCUT2D eigenvalue weighted by molar-refractivity contribution is 0.0468. The van der Waals surface area contributed by atoms with E-state index in [-0.39, 0.29) is 17.2 Å². The molecule has 6 heteroatoms. The summed E-state index contributed by atoms with van der Waals surface area (Å²) in [5.74, 6) is -1.59. The van der Waals surface area contributed by atoms with E-state index in [0.717, 1.165) is 16.8 Å². The van der Waals surface area contributed by atoms with Crippen molar-refractivity contribution in [3.63, 3.8) is 0 Å². The molecule has 0 unspecified atom stereocenters. The van der Waals surface area contributed by atoms with Crippen LogP contribution >= 0.6 is 11.6 Å². The van der Waals surface area contributed by atoms with Crippen molar-refractivity contribution in [2.45, 2.75) is 6.61 Å². The largest absolute Gasteiger partial charge is 0.457 e. The number of rotatable bonds is 3. The molecule has 0 bridgehead atoms. The first-order valence-corrected chi connectivity index (χ1v) is 8.47. The SMILES string of the molecule is O=C(OCc1cc(=O)oc2ccc3ccccc3c12)c1cc(Cl)ccc1F. The molecule has 0 amide bonds. The minimum atomic E-state index is -0.864. The molecule has 3 aromatic carbocycles. The lowest BCUT2D eigenvalue weighted by Gasteiger charge is -2.10. The van der Waals surface area contributed by atoms with E-state index in [1.54, 1.807) is 6.07 Å². The lowest BCUT2D eigenvalue weighted by Crippen LogP contribution is -2.09. The molecule has 0 saturated heterocycles. The Morgan fingerprint density at radius 2 is 1.89 bits per heavy atom. The van der Waals surface area contributed by atoms with Crippen LogP contribution in [0.3, 0.4) is 0 Å². The highest BCUT2D eigenvalue weighted by Crippen LogP contribution is 2.28. The predicted molar refractivity (Wildman–Crippen MR) is 101 cm³/mol. The van der Waals surface area contributed by atoms with E-state index in [4.69, 9.17) is 20.8 Å². The van der Waals surface area contributed by atoms with Crippen molar-refractivity contribution in [2.24, 2.45) is 0 Å². The van der Waals surface area contributed by atoms with Gasteiger partial charge >= 0.3 is 11.6 Å². The molecule has 0 N–H and O–H groups in total. The summed E-state index contributed by atoms with van der Waals surface area (Å²) in [6, 6.07) is 16.0. The first-order chi connectivity index (χ1) is 13.0. The summed E-state index contributed by atoms with van der Waals surface area (Å²) < 4.78 is 24.4. The number of halogens is 2. The van der Waals surface area contributed by atoms with Gasteiger partial charge in [-0.15, -0.1) is 0 Å². The first kappa shape index (κ1) is 17.2. The minimum absolute atomic E-state index is 0.207. The quantitative estimate of drug-likeness (QED) is 0.281. The molecule has 4 aromatic rings. The van der Waals surface area contributed by atoms with Crippen LogP contribution in [-0.4, -0.2) is 5.97 Å². The van der Waals surface area contributed by atoms with Crippen molar-refractivity contribution in [3.8, 4) is 0 Å². The van der Waals surface area contributed by atoms with E-state index in [1.165, 1.54) is 18.2 Å². The predicted octanol–water partition coefficient (Wildman–Crippen LogP) is 5.10. The van der Waals surface area contributed by atoms with Gasteiger partial charge in [0.1, 0.15) is 18.0 Å². The zero-order chi connectivity index (χ0) is 19.0. The van der Waals surface area contributed by atoms with Crippen LogP contribution in [0.1, 0.15) is 15.9 Å². The van der Waals surface area contributed by atoms with E-state index in [0.29, 0.717) is 16.5 Å². The summed E-state index contributed by atoms with van der Waals surface area (Å²) in [4.78, 5) is 24.1. The molecule has 134 valence electrons. The monoisotopic (exact) mass is 382 g/mol. The maximum atomic E-state index is 13.8. The molecule has 1 heterocycles. The Morgan fingerprint density at radius 3 is 2.74 bits per heavy atom. The fraction of sp³-hybridized carbons (Fsp3) is 0.0476. The van der Waals surface area contributed by atoms with Gasteiger partial charge in [0.2, 0.25) is 0 Å². The Labute approximate surface area is 157 Å². The number of fused-ring (bicyclic) bond motifs is 3. The number of esters is 1. The third kappa shape index (κ3) is 3.29. The number of hydrogen-bond acceptors (Lipinski definition) is 4. The number of hydrogen-bond donors (Lipinski definition) is 0. The first-order valence-electron chi connectivity index (χ1n) is 8.09. The molecule has 1 aromatic heterocycles. The molecule has 0 atom stereocenters. The van der Waals surface area contributed by atoms with Gasteiger partial charge in [-0.05, 0) is 35.0 Å². The van der Waals surface area contributed by atoms with Gasteiger partial charge in [0, 0.05) is 22.0 Å². The Morgan fingerprint density at radius 1 is 1.07 bits per heavy atom. The van der Waals surface area contributed by atoms with Gasteiger partial charge in [-0.1, -0.05) is 41.9 Å². The molecule has 0 aliphatic rings. The second-order valence-electron chi connectivity index (χ2n) is 5.95. The fourth-order valence-electron chi connectivity index (χ4n) is 3.01. The van der Waals surface area contributed by atoms with E-state index in [2.05, 4.69) is 0 Å². The van der Waals surface area contributed by atoms with Gasteiger partial charge < -0.3 is 9.15 Å². The normalized spacial score (nSPS) is 11.0. The molecule has 27 heavy (non-hydrogen) atoms. The lowest BCUT2D eigenvalue weighted by atomic mass is 10.0. The highest BCUT2D eigenvalue weighted by Gasteiger charge is 2.16. The van der Waals surface area contributed by atoms with Crippen molar-refractivity contribution >= 4 is 39.3 Å². The summed E-state index contributed by atoms with van der Waals surface area (Å²) in [7, 11) is 0. The summed E-state index contributed by atoms with van der Waals surface area (Å²) in [5, 5.41) is 2.71. The Hall–Kier alpha value is -3.18. The second kappa shape index (κ2) is 6.85. The van der Waals surface area contributed by atoms with Crippen molar-refractivity contribution < 1.29 is 18.3 Å². The molecular weight excluding hydrogens is 371 g/mol. The van der Waals surface area contributed by atoms with Gasteiger partial charge in [0.25, 0.3) is 0 Å². The Kier molecular flexibility index (Phi) is 4.38. The van der Waals surface area contributed by atoms with Gasteiger partial charge in [0.05, 0.1) is 5.56 Å². The fourth-order valence-corrected chi connectivity index (χ4v) is 3.18. The zero-order valence-corrected chi connectivity index (χ0v) is 14.6. The molecular formula is C21H12ClFO4. The van der Waals surface area contributed by atoms with Crippen LogP contribution in [0.2, 0.25) is 5.02 Å². The van der Waals surface area contributed by atoms with Gasteiger partial charge in [-0.25, -0.2) is 14.0 Å². The van der Waals surface area contributed by atoms with E-state index in [1.807, 2.05) is 30.3 Å². The van der Waals surface area contributed by atoms with E-state index in [9.17, 15) is 14.0 Å². The molecule has 4 rings (SSSR count). The molecule has 0 aliphatic carbocycles. The topological polar surface area (TPSA) is 56.5 Å². The van der Waals surface area contributed by atoms with Gasteiger partial charge in [-0.3, -0.25) is 0 Å². The summed E-state index contributed by atoms with van der Waals surface area (Å²) in [5.41, 5.74) is 0.0485. The molecule has 0 radical (unpaired) electrons. The summed E-state index contributed by atoms with van der Waals surface area (Å²) in [6.45, 7) is -0.207. The van der Waals surface area contributed by atoms with Gasteiger partial charge in [-0.2, -0.15) is 0 Å². The van der Waals surface area contributed by atoms with Crippen LogP contribution < -0.4 is 5.63 Å². The summed E-state index contributed by atoms with van der Waals surface area (Å²) in [6.07, 6.45) is 0. The molecule has 0 spiro atoms. The zero-order valence-electron chi connectivity index (χ0n) is 13.9. The smallest absolute Gasteiger partial charge is 0.341 e. The molecule has 0 aliphatic heterocycles. The van der Waals surface area contributed by atoms with Crippen molar-refractivity contribution in [1.29, 1.82) is 0 Å². The maximum absolute atomic E-state index is 13.8. The van der Waals surface area contributed by atoms with E-state index < -0.39 is 17.4 Å². The van der Waals surface area contributed by atoms with Crippen LogP contribution in [0.4, 0.5) is 4.39 Å². The Bertz CT molecular complexity index is 1250. The number of ether oxygens (including phenoxy) is 1. The highest BCUT2D eigenvalue weighted by molar-refractivity contribution is 6.30. The average molecular weight is 383 g/mol. The Balaban J connectivity index is 1.75. The van der Waals surface area contributed by atoms with Gasteiger partial charge in [0.15, 0.2) is 0 Å². The molecule has 4 nitrogen and oxygen atoms in total. The van der Waals surface area contributed by atoms with Crippen LogP contribution in [0.15, 0.2) is 69.9 Å². The number of carbonyl (C=O) groups is 1. The summed E-state index contributed by atoms with van der Waals surface area (Å²) >= 11 is 5.81. The highest BCUT2D eigenvalue weighted by atomic mass is 35.5. The standard InChI is InChI=1S/C21H12ClFO4/c22-14-6-7-17(23)16(10-14)21(25)26-11-13-9-19(24)27-18-8-5-12-3-1-2-4-15(12)20(13)18/h1-10H,11H2. The average Bonchev–Trinajstić information content (AvgIpc) is 2.67. The van der Waals surface area contributed by atoms with Crippen molar-refractivity contribution in [3.05, 3.63) is 93.1 Å². The number of benzene rings is 3. The van der Waals surface area contributed by atoms with Crippen LogP contribution in [0, 0.1) is 5.82 Å². The molecule has 0 saturated carbocycles. The van der Waals surface area contributed by atoms with Crippen molar-refractivity contribution in [1.82, 2.24) is 0 Å². The van der Waals surface area contributed by atoms with Crippen molar-refractivity contribution in [2.75, 3.05) is 0 Å². The van der Waals surface area contributed by atoms with Crippen LogP contribution in [0.5, 0.6) is 0 Å². The van der Waals surface area contributed by atoms with E-state index >= 15 is 0 Å². The second-order valence-corrected chi connectivity index (χ2v) is 6.39. The molecule has 0 fully saturated rings. The third-order valence-corrected chi connectivity index (χ3v) is 4.46. The van der Waals surface area contributed by atoms with Crippen LogP contribution in [0.25, 0.3) is 21.7 Å². The third-order valence-electron chi connectivity index (χ3n) is 4.22.